The Kier molecular flexibility index (Phi) is 11.6. The van der Waals surface area contributed by atoms with E-state index < -0.39 is 19.8 Å². The summed E-state index contributed by atoms with van der Waals surface area (Å²) in [6.45, 7) is 7.25. The SMILES string of the molecule is COc1ccc([Si](C)(C)[C@@H]2[C@@H](CC(=O)N(CCO)Cc3ccccc3)O[C@]3(C(=O)N(Cc4cccc(-n5cccc(OC)c5=O)c4)c4ccc(Br)cc43)[C@H]2C)cc1. The molecule has 5 aromatic rings. The number of benzene rings is 4. The molecule has 1 fully saturated rings. The maximum absolute atomic E-state index is 15.4. The first-order valence-corrected chi connectivity index (χ1v) is 23.0. The van der Waals surface area contributed by atoms with E-state index in [0.717, 1.165) is 37.8 Å². The van der Waals surface area contributed by atoms with E-state index in [4.69, 9.17) is 14.2 Å². The summed E-state index contributed by atoms with van der Waals surface area (Å²) in [6, 6.07) is 34.7. The van der Waals surface area contributed by atoms with Crippen LogP contribution in [0.15, 0.2) is 125 Å². The van der Waals surface area contributed by atoms with Crippen LogP contribution in [0.3, 0.4) is 0 Å². The van der Waals surface area contributed by atoms with Crippen molar-refractivity contribution in [3.8, 4) is 17.2 Å². The predicted octanol–water partition coefficient (Wildman–Crippen LogP) is 6.79. The number of methoxy groups -OCH3 is 2. The van der Waals surface area contributed by atoms with Gasteiger partial charge in [-0.1, -0.05) is 95.7 Å². The van der Waals surface area contributed by atoms with E-state index in [2.05, 4.69) is 48.1 Å². The lowest BCUT2D eigenvalue weighted by Crippen LogP contribution is -2.52. The molecule has 0 bridgehead atoms. The van der Waals surface area contributed by atoms with Crippen LogP contribution in [0.1, 0.15) is 30.0 Å². The molecule has 1 aromatic heterocycles. The van der Waals surface area contributed by atoms with Crippen LogP contribution in [0.2, 0.25) is 18.6 Å². The second-order valence-electron chi connectivity index (χ2n) is 15.4. The number of rotatable bonds is 13. The minimum absolute atomic E-state index is 0.0458. The smallest absolute Gasteiger partial charge is 0.297 e. The lowest BCUT2D eigenvalue weighted by Gasteiger charge is -2.37. The largest absolute Gasteiger partial charge is 0.497 e. The van der Waals surface area contributed by atoms with Gasteiger partial charge in [-0.2, -0.15) is 0 Å². The molecule has 2 amide bonds. The van der Waals surface area contributed by atoms with Crippen molar-refractivity contribution in [3.63, 3.8) is 0 Å². The second kappa shape index (κ2) is 16.5. The number of anilines is 1. The molecule has 0 aliphatic carbocycles. The average Bonchev–Trinajstić information content (AvgIpc) is 3.63. The molecule has 2 aliphatic heterocycles. The molecule has 4 aromatic carbocycles. The second-order valence-corrected chi connectivity index (χ2v) is 21.0. The normalized spacial score (nSPS) is 20.2. The highest BCUT2D eigenvalue weighted by Gasteiger charge is 2.66. The highest BCUT2D eigenvalue weighted by Crippen LogP contribution is 2.60. The van der Waals surface area contributed by atoms with E-state index >= 15 is 4.79 Å². The molecule has 12 heteroatoms. The van der Waals surface area contributed by atoms with Crippen LogP contribution in [-0.4, -0.2) is 67.9 Å². The zero-order valence-corrected chi connectivity index (χ0v) is 35.4. The first kappa shape index (κ1) is 40.2. The van der Waals surface area contributed by atoms with E-state index in [1.807, 2.05) is 84.9 Å². The van der Waals surface area contributed by atoms with Crippen LogP contribution in [-0.2, 0) is 33.0 Å². The molecule has 57 heavy (non-hydrogen) atoms. The molecule has 4 atom stereocenters. The maximum Gasteiger partial charge on any atom is 0.297 e. The molecular formula is C45H48BrN3O7Si. The van der Waals surface area contributed by atoms with E-state index in [-0.39, 0.29) is 60.7 Å². The molecule has 296 valence electrons. The number of aliphatic hydroxyl groups excluding tert-OH is 1. The van der Waals surface area contributed by atoms with Crippen molar-refractivity contribution in [2.45, 2.75) is 56.8 Å². The van der Waals surface area contributed by atoms with E-state index in [9.17, 15) is 14.7 Å². The summed E-state index contributed by atoms with van der Waals surface area (Å²) in [7, 11) is 0.572. The zero-order chi connectivity index (χ0) is 40.5. The number of hydrogen-bond acceptors (Lipinski definition) is 7. The van der Waals surface area contributed by atoms with Gasteiger partial charge in [-0.25, -0.2) is 0 Å². The Hall–Kier alpha value is -5.01. The number of hydrogen-bond donors (Lipinski definition) is 1. The molecule has 0 saturated carbocycles. The first-order valence-electron chi connectivity index (χ1n) is 19.1. The fourth-order valence-electron chi connectivity index (χ4n) is 8.98. The standard InChI is InChI=1S/C45H48BrN3O7Si/c1-30-42(57(4,5)36-19-17-35(54-2)18-20-36)40(27-41(51)47(23-24-50)28-31-11-7-6-8-12-31)56-45(30)37-26-33(46)16-21-38(37)49(44(45)53)29-32-13-9-14-34(25-32)48-22-10-15-39(55-3)43(48)52/h6-22,25-26,30,40,42,50H,23-24,27-29H2,1-5H3/t30-,40+,42-,45+/m0/s1. The van der Waals surface area contributed by atoms with Crippen LogP contribution in [0, 0.1) is 5.92 Å². The average molecular weight is 851 g/mol. The van der Waals surface area contributed by atoms with Crippen LogP contribution < -0.4 is 25.1 Å². The van der Waals surface area contributed by atoms with Crippen molar-refractivity contribution in [2.75, 3.05) is 32.3 Å². The third-order valence-electron chi connectivity index (χ3n) is 11.8. The molecule has 2 aliphatic rings. The van der Waals surface area contributed by atoms with Crippen molar-refractivity contribution < 1.29 is 28.9 Å². The summed E-state index contributed by atoms with van der Waals surface area (Å²) >= 11 is 3.69. The molecule has 1 spiro atoms. The van der Waals surface area contributed by atoms with Crippen molar-refractivity contribution in [1.82, 2.24) is 9.47 Å². The Bertz CT molecular complexity index is 2320. The van der Waals surface area contributed by atoms with Gasteiger partial charge in [0, 0.05) is 40.9 Å². The van der Waals surface area contributed by atoms with Crippen LogP contribution in [0.25, 0.3) is 5.69 Å². The summed E-state index contributed by atoms with van der Waals surface area (Å²) in [5.41, 5.74) is 2.09. The van der Waals surface area contributed by atoms with Crippen LogP contribution in [0.4, 0.5) is 5.69 Å². The molecule has 7 rings (SSSR count). The molecule has 0 radical (unpaired) electrons. The molecule has 1 saturated heterocycles. The number of pyridine rings is 1. The molecule has 10 nitrogen and oxygen atoms in total. The van der Waals surface area contributed by atoms with Gasteiger partial charge < -0.3 is 29.1 Å². The fourth-order valence-corrected chi connectivity index (χ4v) is 13.4. The minimum Gasteiger partial charge on any atom is -0.497 e. The van der Waals surface area contributed by atoms with E-state index in [1.165, 1.54) is 11.7 Å². The highest BCUT2D eigenvalue weighted by molar-refractivity contribution is 9.10. The van der Waals surface area contributed by atoms with Gasteiger partial charge in [0.15, 0.2) is 11.4 Å². The monoisotopic (exact) mass is 849 g/mol. The Labute approximate surface area is 342 Å². The lowest BCUT2D eigenvalue weighted by atomic mass is 9.82. The number of aromatic nitrogens is 1. The number of amides is 2. The van der Waals surface area contributed by atoms with Crippen molar-refractivity contribution in [3.05, 3.63) is 147 Å². The molecule has 3 heterocycles. The fraction of sp³-hybridized carbons (Fsp3) is 0.311. The summed E-state index contributed by atoms with van der Waals surface area (Å²) in [6.07, 6.45) is 1.13. The van der Waals surface area contributed by atoms with Gasteiger partial charge in [0.05, 0.1) is 53.7 Å². The topological polar surface area (TPSA) is 111 Å². The third kappa shape index (κ3) is 7.47. The van der Waals surface area contributed by atoms with Gasteiger partial charge in [0.25, 0.3) is 11.5 Å². The summed E-state index contributed by atoms with van der Waals surface area (Å²) in [4.78, 5) is 46.4. The molecule has 0 unspecified atom stereocenters. The lowest BCUT2D eigenvalue weighted by molar-refractivity contribution is -0.150. The maximum atomic E-state index is 15.4. The van der Waals surface area contributed by atoms with E-state index in [0.29, 0.717) is 12.2 Å². The number of nitrogens with zero attached hydrogens (tertiary/aromatic N) is 3. The Morgan fingerprint density at radius 1 is 0.912 bits per heavy atom. The Morgan fingerprint density at radius 3 is 2.35 bits per heavy atom. The molecular weight excluding hydrogens is 802 g/mol. The van der Waals surface area contributed by atoms with Gasteiger partial charge >= 0.3 is 0 Å². The van der Waals surface area contributed by atoms with Gasteiger partial charge in [0.1, 0.15) is 5.75 Å². The van der Waals surface area contributed by atoms with Gasteiger partial charge in [-0.05, 0) is 71.3 Å². The van der Waals surface area contributed by atoms with Crippen molar-refractivity contribution in [2.24, 2.45) is 5.92 Å². The van der Waals surface area contributed by atoms with Gasteiger partial charge in [0.2, 0.25) is 5.91 Å². The number of fused-ring (bicyclic) bond motifs is 2. The van der Waals surface area contributed by atoms with E-state index in [1.54, 1.807) is 35.2 Å². The van der Waals surface area contributed by atoms with Gasteiger partial charge in [-0.15, -0.1) is 0 Å². The summed E-state index contributed by atoms with van der Waals surface area (Å²) in [5, 5.41) is 11.2. The quantitative estimate of drug-likeness (QED) is 0.130. The molecule has 1 N–H and O–H groups in total. The van der Waals surface area contributed by atoms with Crippen LogP contribution >= 0.6 is 15.9 Å². The van der Waals surface area contributed by atoms with Crippen molar-refractivity contribution >= 4 is 46.7 Å². The number of halogens is 1. The summed E-state index contributed by atoms with van der Waals surface area (Å²) in [5.74, 6) is 0.321. The zero-order valence-electron chi connectivity index (χ0n) is 32.9. The van der Waals surface area contributed by atoms with Gasteiger partial charge in [-0.3, -0.25) is 19.0 Å². The highest BCUT2D eigenvalue weighted by atomic mass is 79.9. The first-order chi connectivity index (χ1) is 27.4. The predicted molar refractivity (Wildman–Crippen MR) is 227 cm³/mol. The summed E-state index contributed by atoms with van der Waals surface area (Å²) < 4.78 is 20.4. The van der Waals surface area contributed by atoms with Crippen molar-refractivity contribution in [1.29, 1.82) is 0 Å². The third-order valence-corrected chi connectivity index (χ3v) is 16.6. The Balaban J connectivity index is 1.29. The number of carbonyl (C=O) groups excluding carboxylic acids is 2. The number of carbonyl (C=O) groups is 2. The number of ether oxygens (including phenoxy) is 3. The number of aliphatic hydroxyl groups is 1. The minimum atomic E-state index is -2.54. The van der Waals surface area contributed by atoms with Crippen LogP contribution in [0.5, 0.6) is 11.5 Å². The Morgan fingerprint density at radius 2 is 1.65 bits per heavy atom.